The molecule has 1 fully saturated rings. The van der Waals surface area contributed by atoms with Crippen LogP contribution < -0.4 is 0 Å². The van der Waals surface area contributed by atoms with Gasteiger partial charge in [0.25, 0.3) is 0 Å². The molecule has 0 aromatic heterocycles. The summed E-state index contributed by atoms with van der Waals surface area (Å²) in [6, 6.07) is 12.3. The first kappa shape index (κ1) is 15.4. The van der Waals surface area contributed by atoms with Crippen molar-refractivity contribution in [2.24, 2.45) is 0 Å². The van der Waals surface area contributed by atoms with Crippen LogP contribution in [-0.4, -0.2) is 56.6 Å². The zero-order valence-corrected chi connectivity index (χ0v) is 11.7. The molecule has 1 aliphatic rings. The molecular weight excluding hydrogens is 288 g/mol. The largest absolute Gasteiger partial charge is 0.394 e. The summed E-state index contributed by atoms with van der Waals surface area (Å²) in [5, 5.41) is 51.6. The normalized spacial score (nSPS) is 35.7. The van der Waals surface area contributed by atoms with Gasteiger partial charge in [-0.25, -0.2) is 0 Å². The molecule has 3 rings (SSSR count). The van der Waals surface area contributed by atoms with Gasteiger partial charge in [0.15, 0.2) is 0 Å². The van der Waals surface area contributed by atoms with Crippen molar-refractivity contribution in [2.75, 3.05) is 6.61 Å². The van der Waals surface area contributed by atoms with Crippen LogP contribution in [0.25, 0.3) is 10.8 Å². The van der Waals surface area contributed by atoms with Gasteiger partial charge in [0.2, 0.25) is 5.79 Å². The minimum atomic E-state index is -2.23. The number of ether oxygens (including phenoxy) is 1. The van der Waals surface area contributed by atoms with Crippen molar-refractivity contribution in [3.8, 4) is 0 Å². The van der Waals surface area contributed by atoms with E-state index in [1.165, 1.54) is 0 Å². The highest BCUT2D eigenvalue weighted by Crippen LogP contribution is 2.39. The van der Waals surface area contributed by atoms with Gasteiger partial charge >= 0.3 is 0 Å². The Hall–Kier alpha value is -1.54. The maximum atomic E-state index is 10.8. The molecule has 5 atom stereocenters. The van der Waals surface area contributed by atoms with E-state index in [4.69, 9.17) is 4.74 Å². The topological polar surface area (TPSA) is 110 Å². The van der Waals surface area contributed by atoms with Gasteiger partial charge in [-0.1, -0.05) is 42.5 Å². The van der Waals surface area contributed by atoms with Crippen LogP contribution in [0, 0.1) is 0 Å². The fraction of sp³-hybridized carbons (Fsp3) is 0.375. The predicted octanol–water partition coefficient (Wildman–Crippen LogP) is -0.541. The van der Waals surface area contributed by atoms with E-state index < -0.39 is 36.8 Å². The summed E-state index contributed by atoms with van der Waals surface area (Å²) in [6.07, 6.45) is -6.09. The molecule has 1 heterocycles. The second kappa shape index (κ2) is 5.58. The third-order valence-electron chi connectivity index (χ3n) is 4.14. The van der Waals surface area contributed by atoms with Gasteiger partial charge in [-0.15, -0.1) is 0 Å². The van der Waals surface area contributed by atoms with Crippen molar-refractivity contribution in [1.29, 1.82) is 0 Å². The Bertz CT molecular complexity index is 667. The molecule has 2 aromatic rings. The van der Waals surface area contributed by atoms with Crippen molar-refractivity contribution in [1.82, 2.24) is 0 Å². The second-order valence-electron chi connectivity index (χ2n) is 5.49. The summed E-state index contributed by atoms with van der Waals surface area (Å²) in [6.45, 7) is -0.599. The quantitative estimate of drug-likeness (QED) is 0.510. The van der Waals surface area contributed by atoms with Gasteiger partial charge in [0, 0.05) is 5.56 Å². The number of aliphatic hydroxyl groups excluding tert-OH is 4. The summed E-state index contributed by atoms with van der Waals surface area (Å²) in [5.41, 5.74) is 0.266. The first-order valence-corrected chi connectivity index (χ1v) is 7.02. The smallest absolute Gasteiger partial charge is 0.223 e. The highest BCUT2D eigenvalue weighted by atomic mass is 16.7. The van der Waals surface area contributed by atoms with Gasteiger partial charge in [0.05, 0.1) is 6.61 Å². The molecule has 6 heteroatoms. The molecule has 0 bridgehead atoms. The maximum Gasteiger partial charge on any atom is 0.223 e. The van der Waals surface area contributed by atoms with Crippen LogP contribution in [0.2, 0.25) is 0 Å². The van der Waals surface area contributed by atoms with E-state index in [1.807, 2.05) is 18.2 Å². The van der Waals surface area contributed by atoms with E-state index in [0.29, 0.717) is 5.39 Å². The highest BCUT2D eigenvalue weighted by Gasteiger charge is 2.54. The molecule has 1 saturated heterocycles. The van der Waals surface area contributed by atoms with Crippen LogP contribution >= 0.6 is 0 Å². The molecule has 0 saturated carbocycles. The lowest BCUT2D eigenvalue weighted by Crippen LogP contribution is -2.63. The molecule has 0 unspecified atom stereocenters. The Labute approximate surface area is 126 Å². The predicted molar refractivity (Wildman–Crippen MR) is 77.8 cm³/mol. The molecule has 0 amide bonds. The summed E-state index contributed by atoms with van der Waals surface area (Å²) in [5.74, 6) is -2.23. The molecule has 0 aliphatic carbocycles. The molecular formula is C16H18O6. The summed E-state index contributed by atoms with van der Waals surface area (Å²) >= 11 is 0. The van der Waals surface area contributed by atoms with Crippen molar-refractivity contribution < 1.29 is 30.3 Å². The Morgan fingerprint density at radius 1 is 0.955 bits per heavy atom. The lowest BCUT2D eigenvalue weighted by atomic mass is 9.86. The minimum Gasteiger partial charge on any atom is -0.394 e. The van der Waals surface area contributed by atoms with Crippen LogP contribution in [0.1, 0.15) is 5.56 Å². The Balaban J connectivity index is 2.14. The molecule has 2 aromatic carbocycles. The third kappa shape index (κ3) is 2.21. The maximum absolute atomic E-state index is 10.8. The van der Waals surface area contributed by atoms with Crippen LogP contribution in [0.15, 0.2) is 42.5 Å². The zero-order valence-electron chi connectivity index (χ0n) is 11.7. The number of rotatable bonds is 2. The van der Waals surface area contributed by atoms with E-state index in [1.54, 1.807) is 24.3 Å². The van der Waals surface area contributed by atoms with Crippen molar-refractivity contribution >= 4 is 10.8 Å². The van der Waals surface area contributed by atoms with E-state index in [2.05, 4.69) is 0 Å². The minimum absolute atomic E-state index is 0.266. The molecule has 0 radical (unpaired) electrons. The van der Waals surface area contributed by atoms with Gasteiger partial charge < -0.3 is 30.3 Å². The monoisotopic (exact) mass is 306 g/mol. The summed E-state index contributed by atoms with van der Waals surface area (Å²) in [7, 11) is 0. The number of benzene rings is 2. The van der Waals surface area contributed by atoms with E-state index >= 15 is 0 Å². The Morgan fingerprint density at radius 3 is 2.36 bits per heavy atom. The summed E-state index contributed by atoms with van der Waals surface area (Å²) in [4.78, 5) is 0. The van der Waals surface area contributed by atoms with E-state index in [9.17, 15) is 25.5 Å². The first-order chi connectivity index (χ1) is 10.5. The highest BCUT2D eigenvalue weighted by molar-refractivity contribution is 5.86. The van der Waals surface area contributed by atoms with Crippen LogP contribution in [0.5, 0.6) is 0 Å². The average molecular weight is 306 g/mol. The molecule has 118 valence electrons. The fourth-order valence-electron chi connectivity index (χ4n) is 2.91. The van der Waals surface area contributed by atoms with Gasteiger partial charge in [-0.2, -0.15) is 0 Å². The third-order valence-corrected chi connectivity index (χ3v) is 4.14. The Morgan fingerprint density at radius 2 is 1.64 bits per heavy atom. The average Bonchev–Trinajstić information content (AvgIpc) is 2.56. The van der Waals surface area contributed by atoms with Crippen LogP contribution in [0.3, 0.4) is 0 Å². The van der Waals surface area contributed by atoms with Crippen molar-refractivity contribution in [3.05, 3.63) is 48.0 Å². The number of fused-ring (bicyclic) bond motifs is 1. The number of hydrogen-bond acceptors (Lipinski definition) is 6. The van der Waals surface area contributed by atoms with Crippen molar-refractivity contribution in [3.63, 3.8) is 0 Å². The molecule has 6 nitrogen and oxygen atoms in total. The molecule has 22 heavy (non-hydrogen) atoms. The lowest BCUT2D eigenvalue weighted by Gasteiger charge is -2.45. The standard InChI is InChI=1S/C16H18O6/c17-8-12-13(18)14(19)15(20)16(21,22-12)11-7-3-5-9-4-1-2-6-10(9)11/h1-7,12-15,17-21H,8H2/t12-,13+,14+,15-,16+/m1/s1. The number of hydrogen-bond donors (Lipinski definition) is 5. The first-order valence-electron chi connectivity index (χ1n) is 7.02. The summed E-state index contributed by atoms with van der Waals surface area (Å²) < 4.78 is 5.36. The van der Waals surface area contributed by atoms with Gasteiger partial charge in [-0.3, -0.25) is 0 Å². The van der Waals surface area contributed by atoms with Crippen LogP contribution in [0.4, 0.5) is 0 Å². The molecule has 1 aliphatic heterocycles. The van der Waals surface area contributed by atoms with Gasteiger partial charge in [-0.05, 0) is 10.8 Å². The lowest BCUT2D eigenvalue weighted by molar-refractivity contribution is -0.357. The molecule has 0 spiro atoms. The van der Waals surface area contributed by atoms with E-state index in [0.717, 1.165) is 5.39 Å². The SMILES string of the molecule is OC[C@H]1O[C@@](O)(c2cccc3ccccc23)[C@H](O)[C@@H](O)[C@H]1O. The second-order valence-corrected chi connectivity index (χ2v) is 5.49. The Kier molecular flexibility index (Phi) is 3.90. The fourth-order valence-corrected chi connectivity index (χ4v) is 2.91. The van der Waals surface area contributed by atoms with Gasteiger partial charge in [0.1, 0.15) is 24.4 Å². The van der Waals surface area contributed by atoms with Crippen LogP contribution in [-0.2, 0) is 10.5 Å². The number of aliphatic hydroxyl groups is 5. The molecule has 5 N–H and O–H groups in total. The van der Waals surface area contributed by atoms with Crippen molar-refractivity contribution in [2.45, 2.75) is 30.2 Å². The van der Waals surface area contributed by atoms with E-state index in [-0.39, 0.29) is 5.56 Å². The zero-order chi connectivity index (χ0) is 15.9.